The second-order valence-corrected chi connectivity index (χ2v) is 7.38. The SMILES string of the molecule is Cc1nnc(Sc2cc(Cl)ccc2CNC(C)C)s1. The van der Waals surface area contributed by atoms with E-state index in [9.17, 15) is 0 Å². The average Bonchev–Trinajstić information content (AvgIpc) is 2.73. The molecule has 0 aliphatic rings. The van der Waals surface area contributed by atoms with Crippen LogP contribution >= 0.6 is 34.7 Å². The number of hydrogen-bond donors (Lipinski definition) is 1. The minimum absolute atomic E-state index is 0.456. The van der Waals surface area contributed by atoms with Crippen LogP contribution in [0.15, 0.2) is 27.4 Å². The van der Waals surface area contributed by atoms with Crippen LogP contribution < -0.4 is 5.32 Å². The molecule has 0 amide bonds. The lowest BCUT2D eigenvalue weighted by Gasteiger charge is -2.11. The summed E-state index contributed by atoms with van der Waals surface area (Å²) in [7, 11) is 0. The van der Waals surface area contributed by atoms with E-state index in [2.05, 4.69) is 35.4 Å². The quantitative estimate of drug-likeness (QED) is 0.900. The van der Waals surface area contributed by atoms with Gasteiger partial charge < -0.3 is 5.32 Å². The van der Waals surface area contributed by atoms with E-state index in [0.29, 0.717) is 6.04 Å². The molecule has 0 aliphatic carbocycles. The van der Waals surface area contributed by atoms with Gasteiger partial charge in [-0.1, -0.05) is 54.6 Å². The molecule has 0 radical (unpaired) electrons. The van der Waals surface area contributed by atoms with Crippen LogP contribution in [0.1, 0.15) is 24.4 Å². The monoisotopic (exact) mass is 313 g/mol. The first-order valence-electron chi connectivity index (χ1n) is 6.04. The summed E-state index contributed by atoms with van der Waals surface area (Å²) in [6.45, 7) is 7.06. The first kappa shape index (κ1) is 14.8. The van der Waals surface area contributed by atoms with Gasteiger partial charge in [0.15, 0.2) is 4.34 Å². The number of benzene rings is 1. The van der Waals surface area contributed by atoms with Crippen LogP contribution in [-0.4, -0.2) is 16.2 Å². The molecule has 19 heavy (non-hydrogen) atoms. The van der Waals surface area contributed by atoms with Crippen molar-refractivity contribution in [1.29, 1.82) is 0 Å². The van der Waals surface area contributed by atoms with E-state index in [0.717, 1.165) is 25.8 Å². The van der Waals surface area contributed by atoms with E-state index < -0.39 is 0 Å². The van der Waals surface area contributed by atoms with Crippen LogP contribution in [0.3, 0.4) is 0 Å². The number of nitrogens with zero attached hydrogens (tertiary/aromatic N) is 2. The van der Waals surface area contributed by atoms with Gasteiger partial charge in [0.2, 0.25) is 0 Å². The molecule has 1 N–H and O–H groups in total. The molecule has 3 nitrogen and oxygen atoms in total. The van der Waals surface area contributed by atoms with Gasteiger partial charge >= 0.3 is 0 Å². The zero-order valence-corrected chi connectivity index (χ0v) is 13.5. The normalized spacial score (nSPS) is 11.2. The third kappa shape index (κ3) is 4.45. The van der Waals surface area contributed by atoms with Gasteiger partial charge in [0, 0.05) is 22.5 Å². The first-order chi connectivity index (χ1) is 9.04. The Morgan fingerprint density at radius 3 is 2.79 bits per heavy atom. The van der Waals surface area contributed by atoms with E-state index in [4.69, 9.17) is 11.6 Å². The summed E-state index contributed by atoms with van der Waals surface area (Å²) >= 11 is 9.30. The Hall–Kier alpha value is -0.620. The van der Waals surface area contributed by atoms with Gasteiger partial charge in [-0.25, -0.2) is 0 Å². The predicted octanol–water partition coefficient (Wildman–Crippen LogP) is 4.15. The smallest absolute Gasteiger partial charge is 0.179 e. The minimum atomic E-state index is 0.456. The Balaban J connectivity index is 2.19. The highest BCUT2D eigenvalue weighted by Crippen LogP contribution is 2.34. The lowest BCUT2D eigenvalue weighted by Crippen LogP contribution is -2.22. The van der Waals surface area contributed by atoms with E-state index in [1.807, 2.05) is 19.1 Å². The summed E-state index contributed by atoms with van der Waals surface area (Å²) < 4.78 is 0.950. The van der Waals surface area contributed by atoms with Gasteiger partial charge in [-0.3, -0.25) is 0 Å². The number of halogens is 1. The van der Waals surface area contributed by atoms with Crippen molar-refractivity contribution in [3.8, 4) is 0 Å². The van der Waals surface area contributed by atoms with Crippen molar-refractivity contribution in [2.75, 3.05) is 0 Å². The van der Waals surface area contributed by atoms with Gasteiger partial charge in [-0.05, 0) is 24.6 Å². The van der Waals surface area contributed by atoms with Gasteiger partial charge in [0.05, 0.1) is 0 Å². The molecule has 6 heteroatoms. The second kappa shape index (κ2) is 6.70. The summed E-state index contributed by atoms with van der Waals surface area (Å²) in [5.41, 5.74) is 1.23. The minimum Gasteiger partial charge on any atom is -0.310 e. The molecule has 1 aromatic heterocycles. The van der Waals surface area contributed by atoms with E-state index in [-0.39, 0.29) is 0 Å². The topological polar surface area (TPSA) is 37.8 Å². The summed E-state index contributed by atoms with van der Waals surface area (Å²) in [4.78, 5) is 1.14. The van der Waals surface area contributed by atoms with Crippen molar-refractivity contribution in [3.05, 3.63) is 33.8 Å². The van der Waals surface area contributed by atoms with Gasteiger partial charge in [-0.2, -0.15) is 0 Å². The average molecular weight is 314 g/mol. The van der Waals surface area contributed by atoms with Crippen LogP contribution in [0, 0.1) is 6.92 Å². The van der Waals surface area contributed by atoms with Gasteiger partial charge in [-0.15, -0.1) is 10.2 Å². The van der Waals surface area contributed by atoms with Crippen LogP contribution in [0.5, 0.6) is 0 Å². The number of rotatable bonds is 5. The number of aryl methyl sites for hydroxylation is 1. The van der Waals surface area contributed by atoms with Crippen LogP contribution in [-0.2, 0) is 6.54 Å². The third-order valence-electron chi connectivity index (χ3n) is 2.43. The van der Waals surface area contributed by atoms with Crippen molar-refractivity contribution in [3.63, 3.8) is 0 Å². The van der Waals surface area contributed by atoms with Gasteiger partial charge in [0.25, 0.3) is 0 Å². The molecule has 0 saturated heterocycles. The predicted molar refractivity (Wildman–Crippen MR) is 82.2 cm³/mol. The maximum Gasteiger partial charge on any atom is 0.179 e. The number of nitrogens with one attached hydrogen (secondary N) is 1. The van der Waals surface area contributed by atoms with Crippen molar-refractivity contribution in [2.45, 2.75) is 42.6 Å². The highest BCUT2D eigenvalue weighted by atomic mass is 35.5. The molecule has 0 saturated carbocycles. The van der Waals surface area contributed by atoms with E-state index in [1.165, 1.54) is 5.56 Å². The standard InChI is InChI=1S/C13H16ClN3S2/c1-8(2)15-7-10-4-5-11(14)6-12(10)19-13-17-16-9(3)18-13/h4-6,8,15H,7H2,1-3H3. The number of aromatic nitrogens is 2. The summed E-state index contributed by atoms with van der Waals surface area (Å²) in [6, 6.07) is 6.43. The zero-order valence-electron chi connectivity index (χ0n) is 11.1. The molecule has 0 bridgehead atoms. The molecule has 102 valence electrons. The Morgan fingerprint density at radius 1 is 1.37 bits per heavy atom. The maximum atomic E-state index is 6.08. The Morgan fingerprint density at radius 2 is 2.16 bits per heavy atom. The zero-order chi connectivity index (χ0) is 13.8. The van der Waals surface area contributed by atoms with Gasteiger partial charge in [0.1, 0.15) is 5.01 Å². The summed E-state index contributed by atoms with van der Waals surface area (Å²) in [5, 5.41) is 13.3. The lowest BCUT2D eigenvalue weighted by molar-refractivity contribution is 0.585. The second-order valence-electron chi connectivity index (χ2n) is 4.48. The number of hydrogen-bond acceptors (Lipinski definition) is 5. The Bertz CT molecular complexity index is 555. The molecule has 1 aromatic carbocycles. The van der Waals surface area contributed by atoms with Crippen LogP contribution in [0.4, 0.5) is 0 Å². The molecule has 2 aromatic rings. The lowest BCUT2D eigenvalue weighted by atomic mass is 10.2. The molecule has 1 heterocycles. The third-order valence-corrected chi connectivity index (χ3v) is 4.66. The highest BCUT2D eigenvalue weighted by Gasteiger charge is 2.09. The fourth-order valence-corrected chi connectivity index (χ4v) is 3.67. The fourth-order valence-electron chi connectivity index (χ4n) is 1.50. The molecule has 0 spiro atoms. The maximum absolute atomic E-state index is 6.08. The first-order valence-corrected chi connectivity index (χ1v) is 8.05. The molecular weight excluding hydrogens is 298 g/mol. The molecule has 2 rings (SSSR count). The molecular formula is C13H16ClN3S2. The largest absolute Gasteiger partial charge is 0.310 e. The molecule has 0 aliphatic heterocycles. The van der Waals surface area contributed by atoms with Crippen LogP contribution in [0.25, 0.3) is 0 Å². The molecule has 0 fully saturated rings. The van der Waals surface area contributed by atoms with Crippen molar-refractivity contribution < 1.29 is 0 Å². The Kier molecular flexibility index (Phi) is 5.21. The fraction of sp³-hybridized carbons (Fsp3) is 0.385. The molecule has 0 unspecified atom stereocenters. The summed E-state index contributed by atoms with van der Waals surface area (Å²) in [6.07, 6.45) is 0. The Labute approximate surface area is 126 Å². The summed E-state index contributed by atoms with van der Waals surface area (Å²) in [5.74, 6) is 0. The van der Waals surface area contributed by atoms with Crippen molar-refractivity contribution in [1.82, 2.24) is 15.5 Å². The highest BCUT2D eigenvalue weighted by molar-refractivity contribution is 8.01. The van der Waals surface area contributed by atoms with Crippen LogP contribution in [0.2, 0.25) is 5.02 Å². The molecule has 0 atom stereocenters. The van der Waals surface area contributed by atoms with Crippen molar-refractivity contribution >= 4 is 34.7 Å². The van der Waals surface area contributed by atoms with E-state index in [1.54, 1.807) is 23.1 Å². The van der Waals surface area contributed by atoms with E-state index >= 15 is 0 Å². The van der Waals surface area contributed by atoms with Crippen molar-refractivity contribution in [2.24, 2.45) is 0 Å².